The standard InChI is InChI=1S/C29H31F2N9O3/c1-16(14-43-5)11-39-27(41)25-26(37(4)28(39)42)34-15-40(25)18(3)17(2)35-23-8-6-7-21(36-23)22-9-33-24(10-32-22)38-12-19-20(13-38)29(19,30)31/h6-10,15,18-20H,1-2,11-14H2,3-5H3,(H,35,36)/t18-,19?,20?/m0/s1. The summed E-state index contributed by atoms with van der Waals surface area (Å²) in [6.07, 6.45) is 4.66. The number of methoxy groups -OCH3 is 1. The highest BCUT2D eigenvalue weighted by Crippen LogP contribution is 2.59. The molecule has 4 aromatic heterocycles. The van der Waals surface area contributed by atoms with Gasteiger partial charge >= 0.3 is 5.69 Å². The van der Waals surface area contributed by atoms with Crippen molar-refractivity contribution in [1.82, 2.24) is 33.6 Å². The van der Waals surface area contributed by atoms with Gasteiger partial charge in [0.2, 0.25) is 0 Å². The second kappa shape index (κ2) is 10.5. The molecular weight excluding hydrogens is 560 g/mol. The van der Waals surface area contributed by atoms with E-state index in [0.717, 1.165) is 4.57 Å². The molecule has 2 fully saturated rings. The molecule has 5 heterocycles. The van der Waals surface area contributed by atoms with Crippen LogP contribution >= 0.6 is 0 Å². The molecular formula is C29H31F2N9O3. The number of hydrogen-bond acceptors (Lipinski definition) is 9. The van der Waals surface area contributed by atoms with Gasteiger partial charge in [-0.2, -0.15) is 0 Å². The summed E-state index contributed by atoms with van der Waals surface area (Å²) in [7, 11) is 3.08. The van der Waals surface area contributed by atoms with Gasteiger partial charge in [0.15, 0.2) is 11.2 Å². The van der Waals surface area contributed by atoms with Crippen molar-refractivity contribution in [3.8, 4) is 11.4 Å². The summed E-state index contributed by atoms with van der Waals surface area (Å²) in [5.41, 5.74) is 1.70. The Morgan fingerprint density at radius 2 is 1.88 bits per heavy atom. The number of fused-ring (bicyclic) bond motifs is 2. The first kappa shape index (κ1) is 28.4. The maximum atomic E-state index is 13.6. The van der Waals surface area contributed by atoms with E-state index in [4.69, 9.17) is 4.74 Å². The first-order chi connectivity index (χ1) is 20.5. The maximum Gasteiger partial charge on any atom is 0.332 e. The van der Waals surface area contributed by atoms with Gasteiger partial charge in [0.25, 0.3) is 11.5 Å². The molecule has 14 heteroatoms. The van der Waals surface area contributed by atoms with Crippen molar-refractivity contribution >= 4 is 22.8 Å². The molecule has 1 saturated heterocycles. The third-order valence-corrected chi connectivity index (χ3v) is 8.17. The number of hydrogen-bond donors (Lipinski definition) is 1. The quantitative estimate of drug-likeness (QED) is 0.277. The van der Waals surface area contributed by atoms with Gasteiger partial charge < -0.3 is 19.5 Å². The molecule has 6 rings (SSSR count). The minimum atomic E-state index is -2.55. The lowest BCUT2D eigenvalue weighted by molar-refractivity contribution is 0.0797. The molecule has 0 amide bonds. The Hall–Kier alpha value is -4.72. The van der Waals surface area contributed by atoms with E-state index in [1.807, 2.05) is 17.9 Å². The lowest BCUT2D eigenvalue weighted by atomic mass is 10.2. The average Bonchev–Trinajstić information content (AvgIpc) is 3.41. The number of pyridine rings is 1. The third-order valence-electron chi connectivity index (χ3n) is 8.17. The van der Waals surface area contributed by atoms with Gasteiger partial charge in [-0.15, -0.1) is 0 Å². The second-order valence-electron chi connectivity index (χ2n) is 11.0. The molecule has 3 atom stereocenters. The number of alkyl halides is 2. The number of imidazole rings is 1. The van der Waals surface area contributed by atoms with Crippen LogP contribution < -0.4 is 21.5 Å². The highest BCUT2D eigenvalue weighted by atomic mass is 19.3. The number of nitrogens with zero attached hydrogens (tertiary/aromatic N) is 8. The van der Waals surface area contributed by atoms with Crippen molar-refractivity contribution in [2.24, 2.45) is 18.9 Å². The Kier molecular flexibility index (Phi) is 6.95. The molecule has 1 aliphatic heterocycles. The predicted octanol–water partition coefficient (Wildman–Crippen LogP) is 2.84. The summed E-state index contributed by atoms with van der Waals surface area (Å²) < 4.78 is 36.3. The van der Waals surface area contributed by atoms with Crippen LogP contribution in [-0.2, 0) is 18.3 Å². The lowest BCUT2D eigenvalue weighted by Gasteiger charge is -2.20. The molecule has 1 N–H and O–H groups in total. The molecule has 0 bridgehead atoms. The zero-order valence-electron chi connectivity index (χ0n) is 24.0. The number of aromatic nitrogens is 7. The SMILES string of the molecule is C=C(COC)Cn1c(=O)c2c(ncn2[C@@H](C)C(=C)Nc2cccc(-c3cnc(N4CC5C(C4)C5(F)F)cn3)n2)n(C)c1=O. The van der Waals surface area contributed by atoms with Crippen molar-refractivity contribution < 1.29 is 13.5 Å². The Balaban J connectivity index is 1.19. The normalized spacial score (nSPS) is 19.3. The average molecular weight is 592 g/mol. The lowest BCUT2D eigenvalue weighted by Crippen LogP contribution is -2.40. The topological polar surface area (TPSA) is 125 Å². The van der Waals surface area contributed by atoms with E-state index in [9.17, 15) is 18.4 Å². The van der Waals surface area contributed by atoms with E-state index < -0.39 is 35.0 Å². The summed E-state index contributed by atoms with van der Waals surface area (Å²) in [4.78, 5) is 46.1. The van der Waals surface area contributed by atoms with Crippen LogP contribution in [0, 0.1) is 11.8 Å². The monoisotopic (exact) mass is 591 g/mol. The van der Waals surface area contributed by atoms with E-state index >= 15 is 0 Å². The number of ether oxygens (including phenoxy) is 1. The summed E-state index contributed by atoms with van der Waals surface area (Å²) in [5.74, 6) is -2.68. The molecule has 1 saturated carbocycles. The fourth-order valence-electron chi connectivity index (χ4n) is 5.59. The second-order valence-corrected chi connectivity index (χ2v) is 11.0. The van der Waals surface area contributed by atoms with E-state index in [2.05, 4.69) is 38.4 Å². The molecule has 2 unspecified atom stereocenters. The van der Waals surface area contributed by atoms with Gasteiger partial charge in [0.1, 0.15) is 17.3 Å². The first-order valence-corrected chi connectivity index (χ1v) is 13.7. The number of nitrogens with one attached hydrogen (secondary N) is 1. The molecule has 224 valence electrons. The van der Waals surface area contributed by atoms with Gasteiger partial charge in [0, 0.05) is 32.9 Å². The van der Waals surface area contributed by atoms with Crippen LogP contribution in [0.3, 0.4) is 0 Å². The van der Waals surface area contributed by atoms with Crippen molar-refractivity contribution in [2.45, 2.75) is 25.4 Å². The van der Waals surface area contributed by atoms with Gasteiger partial charge in [0.05, 0.1) is 55.4 Å². The fraction of sp³-hybridized carbons (Fsp3) is 0.379. The fourth-order valence-corrected chi connectivity index (χ4v) is 5.59. The first-order valence-electron chi connectivity index (χ1n) is 13.7. The van der Waals surface area contributed by atoms with Gasteiger partial charge in [-0.1, -0.05) is 19.2 Å². The Labute approximate surface area is 245 Å². The maximum absolute atomic E-state index is 13.6. The number of piperidine rings is 1. The van der Waals surface area contributed by atoms with Gasteiger partial charge in [-0.3, -0.25) is 13.9 Å². The molecule has 1 aliphatic carbocycles. The van der Waals surface area contributed by atoms with Crippen LogP contribution in [-0.4, -0.2) is 66.4 Å². The Morgan fingerprint density at radius 1 is 1.14 bits per heavy atom. The van der Waals surface area contributed by atoms with E-state index in [0.29, 0.717) is 34.3 Å². The Morgan fingerprint density at radius 3 is 2.56 bits per heavy atom. The zero-order chi connectivity index (χ0) is 30.6. The van der Waals surface area contributed by atoms with Crippen LogP contribution in [0.1, 0.15) is 13.0 Å². The molecule has 12 nitrogen and oxygen atoms in total. The molecule has 43 heavy (non-hydrogen) atoms. The van der Waals surface area contributed by atoms with Crippen LogP contribution in [0.5, 0.6) is 0 Å². The van der Waals surface area contributed by atoms with Gasteiger partial charge in [-0.25, -0.2) is 33.5 Å². The smallest absolute Gasteiger partial charge is 0.332 e. The van der Waals surface area contributed by atoms with Crippen LogP contribution in [0.4, 0.5) is 20.4 Å². The minimum Gasteiger partial charge on any atom is -0.380 e. The van der Waals surface area contributed by atoms with Crippen LogP contribution in [0.25, 0.3) is 22.6 Å². The van der Waals surface area contributed by atoms with Crippen molar-refractivity contribution in [2.75, 3.05) is 37.0 Å². The number of anilines is 2. The zero-order valence-corrected chi connectivity index (χ0v) is 24.0. The van der Waals surface area contributed by atoms with E-state index in [1.54, 1.807) is 36.1 Å². The molecule has 0 aromatic carbocycles. The molecule has 4 aromatic rings. The number of aryl methyl sites for hydroxylation is 1. The Bertz CT molecular complexity index is 1850. The summed E-state index contributed by atoms with van der Waals surface area (Å²) in [5, 5.41) is 3.20. The highest BCUT2D eigenvalue weighted by molar-refractivity contribution is 5.70. The van der Waals surface area contributed by atoms with E-state index in [1.165, 1.54) is 18.0 Å². The molecule has 0 radical (unpaired) electrons. The summed E-state index contributed by atoms with van der Waals surface area (Å²) in [6, 6.07) is 4.91. The van der Waals surface area contributed by atoms with Crippen molar-refractivity contribution in [3.05, 3.63) is 82.2 Å². The third kappa shape index (κ3) is 4.90. The van der Waals surface area contributed by atoms with Crippen molar-refractivity contribution in [1.29, 1.82) is 0 Å². The predicted molar refractivity (Wildman–Crippen MR) is 157 cm³/mol. The van der Waals surface area contributed by atoms with E-state index in [-0.39, 0.29) is 37.4 Å². The van der Waals surface area contributed by atoms with Crippen LogP contribution in [0.2, 0.25) is 0 Å². The number of rotatable bonds is 10. The number of allylic oxidation sites excluding steroid dienone is 1. The summed E-state index contributed by atoms with van der Waals surface area (Å²) >= 11 is 0. The summed E-state index contributed by atoms with van der Waals surface area (Å²) in [6.45, 7) is 10.7. The molecule has 0 spiro atoms. The molecule has 2 aliphatic rings. The minimum absolute atomic E-state index is 0.0175. The van der Waals surface area contributed by atoms with Gasteiger partial charge in [-0.05, 0) is 24.6 Å². The largest absolute Gasteiger partial charge is 0.380 e. The highest BCUT2D eigenvalue weighted by Gasteiger charge is 2.71. The van der Waals surface area contributed by atoms with Crippen molar-refractivity contribution in [3.63, 3.8) is 0 Å². The van der Waals surface area contributed by atoms with Crippen LogP contribution in [0.15, 0.2) is 70.9 Å². The number of halogens is 2.